The molecule has 0 saturated carbocycles. The fraction of sp³-hybridized carbons (Fsp3) is 0.478. The molecule has 0 atom stereocenters. The standard InChI is InChI=1S/C23H30N2O5S2/c1-3-19-5-9-21(10-6-19)31(26,27)24-15-13-23(14-16-24)25(17-18-30-23)32(28,29)22-11-7-20(4-2)8-12-22/h5-12H,3-4,13-18H2,1-2H3. The largest absolute Gasteiger partial charge is 0.358 e. The number of aryl methyl sites for hydroxylation is 2. The summed E-state index contributed by atoms with van der Waals surface area (Å²) in [6, 6.07) is 13.9. The zero-order valence-corrected chi connectivity index (χ0v) is 20.2. The van der Waals surface area contributed by atoms with E-state index in [4.69, 9.17) is 4.74 Å². The first-order valence-electron chi connectivity index (χ1n) is 11.1. The minimum Gasteiger partial charge on any atom is -0.358 e. The van der Waals surface area contributed by atoms with Crippen molar-refractivity contribution in [2.24, 2.45) is 0 Å². The number of hydrogen-bond donors (Lipinski definition) is 0. The van der Waals surface area contributed by atoms with Crippen LogP contribution < -0.4 is 0 Å². The summed E-state index contributed by atoms with van der Waals surface area (Å²) in [6.45, 7) is 5.03. The number of rotatable bonds is 6. The molecule has 0 unspecified atom stereocenters. The van der Waals surface area contributed by atoms with E-state index in [1.807, 2.05) is 38.1 Å². The average molecular weight is 479 g/mol. The van der Waals surface area contributed by atoms with Gasteiger partial charge in [-0.15, -0.1) is 0 Å². The third-order valence-corrected chi connectivity index (χ3v) is 10.4. The highest BCUT2D eigenvalue weighted by molar-refractivity contribution is 7.89. The van der Waals surface area contributed by atoms with Crippen LogP contribution in [-0.2, 0) is 37.6 Å². The van der Waals surface area contributed by atoms with Crippen LogP contribution in [0.1, 0.15) is 37.8 Å². The lowest BCUT2D eigenvalue weighted by Gasteiger charge is -2.42. The zero-order chi connectivity index (χ0) is 23.0. The maximum atomic E-state index is 13.4. The van der Waals surface area contributed by atoms with Crippen molar-refractivity contribution < 1.29 is 21.6 Å². The van der Waals surface area contributed by atoms with Gasteiger partial charge in [0, 0.05) is 32.5 Å². The molecule has 2 aromatic rings. The molecule has 0 N–H and O–H groups in total. The summed E-state index contributed by atoms with van der Waals surface area (Å²) in [7, 11) is -7.38. The van der Waals surface area contributed by atoms with Gasteiger partial charge in [0.25, 0.3) is 0 Å². The van der Waals surface area contributed by atoms with Crippen LogP contribution >= 0.6 is 0 Å². The zero-order valence-electron chi connectivity index (χ0n) is 18.5. The number of benzene rings is 2. The lowest BCUT2D eigenvalue weighted by Crippen LogP contribution is -2.55. The SMILES string of the molecule is CCc1ccc(S(=O)(=O)N2CCC3(CC2)OCCN3S(=O)(=O)c2ccc(CC)cc2)cc1. The predicted octanol–water partition coefficient (Wildman–Crippen LogP) is 3.01. The molecule has 1 spiro atoms. The van der Waals surface area contributed by atoms with Gasteiger partial charge >= 0.3 is 0 Å². The third-order valence-electron chi connectivity index (χ3n) is 6.51. The van der Waals surface area contributed by atoms with Crippen LogP contribution in [0.25, 0.3) is 0 Å². The Kier molecular flexibility index (Phi) is 6.48. The molecule has 0 bridgehead atoms. The van der Waals surface area contributed by atoms with Gasteiger partial charge in [-0.3, -0.25) is 0 Å². The monoisotopic (exact) mass is 478 g/mol. The Morgan fingerprint density at radius 2 is 1.22 bits per heavy atom. The van der Waals surface area contributed by atoms with E-state index in [9.17, 15) is 16.8 Å². The molecular formula is C23H30N2O5S2. The van der Waals surface area contributed by atoms with Crippen LogP contribution in [0, 0.1) is 0 Å². The van der Waals surface area contributed by atoms with Crippen LogP contribution in [0.15, 0.2) is 58.3 Å². The van der Waals surface area contributed by atoms with Crippen LogP contribution in [0.5, 0.6) is 0 Å². The number of piperidine rings is 1. The predicted molar refractivity (Wildman–Crippen MR) is 122 cm³/mol. The Morgan fingerprint density at radius 3 is 1.69 bits per heavy atom. The van der Waals surface area contributed by atoms with Crippen LogP contribution in [0.2, 0.25) is 0 Å². The van der Waals surface area contributed by atoms with Gasteiger partial charge in [-0.2, -0.15) is 8.61 Å². The van der Waals surface area contributed by atoms with Gasteiger partial charge in [-0.1, -0.05) is 38.1 Å². The summed E-state index contributed by atoms with van der Waals surface area (Å²) in [5.41, 5.74) is 1.15. The Bertz CT molecular complexity index is 1150. The van der Waals surface area contributed by atoms with Gasteiger partial charge in [-0.25, -0.2) is 16.8 Å². The van der Waals surface area contributed by atoms with Crippen molar-refractivity contribution in [1.29, 1.82) is 0 Å². The van der Waals surface area contributed by atoms with E-state index < -0.39 is 25.8 Å². The maximum Gasteiger partial charge on any atom is 0.245 e. The highest BCUT2D eigenvalue weighted by Gasteiger charge is 2.51. The summed E-state index contributed by atoms with van der Waals surface area (Å²) in [5, 5.41) is 0. The minimum absolute atomic E-state index is 0.207. The number of sulfonamides is 2. The van der Waals surface area contributed by atoms with E-state index in [2.05, 4.69) is 0 Å². The van der Waals surface area contributed by atoms with E-state index in [1.54, 1.807) is 24.3 Å². The first-order valence-corrected chi connectivity index (χ1v) is 14.0. The molecule has 2 aliphatic rings. The summed E-state index contributed by atoms with van der Waals surface area (Å²) >= 11 is 0. The van der Waals surface area contributed by atoms with Crippen LogP contribution in [0.3, 0.4) is 0 Å². The van der Waals surface area contributed by atoms with E-state index in [-0.39, 0.29) is 29.4 Å². The number of ether oxygens (including phenoxy) is 1. The van der Waals surface area contributed by atoms with Crippen molar-refractivity contribution in [3.8, 4) is 0 Å². The smallest absolute Gasteiger partial charge is 0.245 e. The second-order valence-corrected chi connectivity index (χ2v) is 12.1. The molecule has 32 heavy (non-hydrogen) atoms. The molecule has 2 aliphatic heterocycles. The molecule has 0 radical (unpaired) electrons. The van der Waals surface area contributed by atoms with Crippen molar-refractivity contribution in [3.63, 3.8) is 0 Å². The van der Waals surface area contributed by atoms with Gasteiger partial charge in [-0.05, 0) is 48.2 Å². The number of nitrogens with zero attached hydrogens (tertiary/aromatic N) is 2. The van der Waals surface area contributed by atoms with E-state index in [0.717, 1.165) is 24.0 Å². The molecule has 0 aliphatic carbocycles. The Balaban J connectivity index is 1.53. The lowest BCUT2D eigenvalue weighted by atomic mass is 10.0. The molecule has 9 heteroatoms. The summed E-state index contributed by atoms with van der Waals surface area (Å²) < 4.78 is 61.8. The molecule has 2 fully saturated rings. The van der Waals surface area contributed by atoms with E-state index in [1.165, 1.54) is 8.61 Å². The second kappa shape index (κ2) is 8.87. The summed E-state index contributed by atoms with van der Waals surface area (Å²) in [4.78, 5) is 0.504. The molecule has 4 rings (SSSR count). The maximum absolute atomic E-state index is 13.4. The second-order valence-electron chi connectivity index (χ2n) is 8.27. The number of hydrogen-bond acceptors (Lipinski definition) is 5. The molecule has 0 amide bonds. The van der Waals surface area contributed by atoms with Crippen LogP contribution in [-0.4, -0.2) is 57.4 Å². The van der Waals surface area contributed by atoms with Crippen molar-refractivity contribution in [2.45, 2.75) is 55.0 Å². The highest BCUT2D eigenvalue weighted by Crippen LogP contribution is 2.39. The van der Waals surface area contributed by atoms with Gasteiger partial charge in [0.1, 0.15) is 5.72 Å². The Morgan fingerprint density at radius 1 is 0.750 bits per heavy atom. The molecule has 0 aromatic heterocycles. The molecule has 2 saturated heterocycles. The van der Waals surface area contributed by atoms with Gasteiger partial charge in [0.2, 0.25) is 20.0 Å². The molecule has 2 aromatic carbocycles. The van der Waals surface area contributed by atoms with E-state index in [0.29, 0.717) is 19.4 Å². The lowest BCUT2D eigenvalue weighted by molar-refractivity contribution is -0.0806. The van der Waals surface area contributed by atoms with Crippen molar-refractivity contribution in [1.82, 2.24) is 8.61 Å². The Hall–Kier alpha value is -1.78. The first-order chi connectivity index (χ1) is 15.2. The highest BCUT2D eigenvalue weighted by atomic mass is 32.2. The molecule has 2 heterocycles. The fourth-order valence-corrected chi connectivity index (χ4v) is 7.64. The normalized spacial score (nSPS) is 20.1. The fourth-order valence-electron chi connectivity index (χ4n) is 4.47. The summed E-state index contributed by atoms with van der Waals surface area (Å²) in [5.74, 6) is 0. The topological polar surface area (TPSA) is 84.0 Å². The molecule has 174 valence electrons. The first kappa shape index (κ1) is 23.4. The average Bonchev–Trinajstić information content (AvgIpc) is 3.23. The third kappa shape index (κ3) is 4.12. The van der Waals surface area contributed by atoms with Crippen molar-refractivity contribution in [3.05, 3.63) is 59.7 Å². The quantitative estimate of drug-likeness (QED) is 0.637. The van der Waals surface area contributed by atoms with Crippen LogP contribution in [0.4, 0.5) is 0 Å². The minimum atomic E-state index is -3.74. The van der Waals surface area contributed by atoms with Crippen molar-refractivity contribution >= 4 is 20.0 Å². The van der Waals surface area contributed by atoms with Gasteiger partial charge in [0.15, 0.2) is 0 Å². The van der Waals surface area contributed by atoms with Crippen molar-refractivity contribution in [2.75, 3.05) is 26.2 Å². The summed E-state index contributed by atoms with van der Waals surface area (Å²) in [6.07, 6.45) is 2.27. The Labute approximate surface area is 191 Å². The molecular weight excluding hydrogens is 448 g/mol. The van der Waals surface area contributed by atoms with Gasteiger partial charge in [0.05, 0.1) is 16.4 Å². The van der Waals surface area contributed by atoms with Gasteiger partial charge < -0.3 is 4.74 Å². The molecule has 7 nitrogen and oxygen atoms in total. The van der Waals surface area contributed by atoms with E-state index >= 15 is 0 Å².